The third-order valence-electron chi connectivity index (χ3n) is 4.94. The molecule has 0 bridgehead atoms. The summed E-state index contributed by atoms with van der Waals surface area (Å²) in [6, 6.07) is 3.73. The van der Waals surface area contributed by atoms with Crippen LogP contribution >= 0.6 is 12.4 Å². The average Bonchev–Trinajstić information content (AvgIpc) is 2.74. The van der Waals surface area contributed by atoms with Crippen LogP contribution in [0.1, 0.15) is 16.8 Å². The van der Waals surface area contributed by atoms with Gasteiger partial charge in [-0.05, 0) is 23.3 Å². The number of rotatable bonds is 5. The summed E-state index contributed by atoms with van der Waals surface area (Å²) >= 11 is 0. The highest BCUT2D eigenvalue weighted by atomic mass is 35.5. The Bertz CT molecular complexity index is 1100. The van der Waals surface area contributed by atoms with Crippen LogP contribution in [0, 0.1) is 0 Å². The predicted octanol–water partition coefficient (Wildman–Crippen LogP) is 1.93. The second kappa shape index (κ2) is 8.67. The molecule has 154 valence electrons. The molecule has 0 aliphatic carbocycles. The molecule has 1 aromatic carbocycles. The van der Waals surface area contributed by atoms with Crippen LogP contribution in [0.3, 0.4) is 0 Å². The van der Waals surface area contributed by atoms with Gasteiger partial charge in [-0.15, -0.1) is 12.4 Å². The molecule has 3 aromatic rings. The van der Waals surface area contributed by atoms with Gasteiger partial charge in [0.05, 0.1) is 39.6 Å². The molecule has 4 rings (SSSR count). The minimum absolute atomic E-state index is 0. The van der Waals surface area contributed by atoms with Crippen molar-refractivity contribution in [1.82, 2.24) is 19.9 Å². The summed E-state index contributed by atoms with van der Waals surface area (Å²) in [5, 5.41) is 3.75. The maximum atomic E-state index is 13.1. The van der Waals surface area contributed by atoms with Crippen molar-refractivity contribution in [3.05, 3.63) is 51.8 Å². The van der Waals surface area contributed by atoms with Crippen LogP contribution < -0.4 is 25.1 Å². The lowest BCUT2D eigenvalue weighted by Gasteiger charge is -2.17. The minimum Gasteiger partial charge on any atom is -0.493 e. The molecule has 0 atom stereocenters. The molecular formula is C20H23ClN4O4. The van der Waals surface area contributed by atoms with Gasteiger partial charge in [-0.25, -0.2) is 4.98 Å². The second-order valence-corrected chi connectivity index (χ2v) is 6.60. The summed E-state index contributed by atoms with van der Waals surface area (Å²) in [5.74, 6) is 1.21. The summed E-state index contributed by atoms with van der Waals surface area (Å²) in [6.07, 6.45) is 4.28. The molecule has 8 nitrogen and oxygen atoms in total. The van der Waals surface area contributed by atoms with E-state index in [1.807, 2.05) is 6.20 Å². The lowest BCUT2D eigenvalue weighted by atomic mass is 10.1. The molecule has 1 N–H and O–H groups in total. The summed E-state index contributed by atoms with van der Waals surface area (Å²) in [6.45, 7) is 2.13. The van der Waals surface area contributed by atoms with Crippen molar-refractivity contribution < 1.29 is 14.2 Å². The molecule has 0 saturated carbocycles. The molecule has 0 saturated heterocycles. The van der Waals surface area contributed by atoms with Crippen molar-refractivity contribution in [2.24, 2.45) is 0 Å². The van der Waals surface area contributed by atoms with Gasteiger partial charge in [0.15, 0.2) is 11.5 Å². The Kier molecular flexibility index (Phi) is 6.24. The van der Waals surface area contributed by atoms with Gasteiger partial charge in [-0.3, -0.25) is 14.3 Å². The zero-order chi connectivity index (χ0) is 19.7. The van der Waals surface area contributed by atoms with E-state index in [0.717, 1.165) is 30.8 Å². The van der Waals surface area contributed by atoms with Crippen LogP contribution in [-0.2, 0) is 19.5 Å². The number of hydrogen-bond acceptors (Lipinski definition) is 7. The highest BCUT2D eigenvalue weighted by molar-refractivity contribution is 5.89. The number of nitrogens with zero attached hydrogens (tertiary/aromatic N) is 3. The van der Waals surface area contributed by atoms with E-state index in [1.165, 1.54) is 33.2 Å². The highest BCUT2D eigenvalue weighted by Crippen LogP contribution is 2.41. The van der Waals surface area contributed by atoms with E-state index in [0.29, 0.717) is 34.7 Å². The first-order valence-corrected chi connectivity index (χ1v) is 9.01. The van der Waals surface area contributed by atoms with Crippen LogP contribution in [0.15, 0.2) is 29.5 Å². The maximum Gasteiger partial charge on any atom is 0.261 e. The van der Waals surface area contributed by atoms with Gasteiger partial charge >= 0.3 is 0 Å². The fourth-order valence-electron chi connectivity index (χ4n) is 3.56. The number of hydrogen-bond donors (Lipinski definition) is 1. The molecule has 9 heteroatoms. The molecule has 1 aliphatic heterocycles. The molecule has 3 heterocycles. The second-order valence-electron chi connectivity index (χ2n) is 6.60. The fourth-order valence-corrected chi connectivity index (χ4v) is 3.56. The predicted molar refractivity (Wildman–Crippen MR) is 112 cm³/mol. The average molecular weight is 419 g/mol. The van der Waals surface area contributed by atoms with Crippen molar-refractivity contribution in [1.29, 1.82) is 0 Å². The quantitative estimate of drug-likeness (QED) is 0.677. The Morgan fingerprint density at radius 1 is 1.10 bits per heavy atom. The van der Waals surface area contributed by atoms with Gasteiger partial charge in [-0.1, -0.05) is 0 Å². The number of pyridine rings is 1. The van der Waals surface area contributed by atoms with Gasteiger partial charge in [-0.2, -0.15) is 0 Å². The molecule has 1 aliphatic rings. The van der Waals surface area contributed by atoms with E-state index >= 15 is 0 Å². The van der Waals surface area contributed by atoms with E-state index in [2.05, 4.69) is 21.4 Å². The lowest BCUT2D eigenvalue weighted by Crippen LogP contribution is -2.25. The number of ether oxygens (including phenoxy) is 3. The van der Waals surface area contributed by atoms with Crippen molar-refractivity contribution in [3.8, 4) is 17.2 Å². The van der Waals surface area contributed by atoms with Crippen molar-refractivity contribution >= 4 is 23.3 Å². The highest BCUT2D eigenvalue weighted by Gasteiger charge is 2.20. The van der Waals surface area contributed by atoms with Crippen molar-refractivity contribution in [3.63, 3.8) is 0 Å². The van der Waals surface area contributed by atoms with Gasteiger partial charge in [0, 0.05) is 31.4 Å². The van der Waals surface area contributed by atoms with Crippen LogP contribution in [0.2, 0.25) is 0 Å². The molecule has 0 radical (unpaired) electrons. The van der Waals surface area contributed by atoms with Crippen molar-refractivity contribution in [2.75, 3.05) is 27.9 Å². The van der Waals surface area contributed by atoms with E-state index in [1.54, 1.807) is 10.6 Å². The molecule has 0 amide bonds. The van der Waals surface area contributed by atoms with Gasteiger partial charge in [0.2, 0.25) is 5.75 Å². The van der Waals surface area contributed by atoms with E-state index in [4.69, 9.17) is 14.2 Å². The van der Waals surface area contributed by atoms with Gasteiger partial charge < -0.3 is 19.5 Å². The third-order valence-corrected chi connectivity index (χ3v) is 4.94. The molecule has 0 fully saturated rings. The number of fused-ring (bicyclic) bond motifs is 2. The number of nitrogens with one attached hydrogen (secondary N) is 1. The standard InChI is InChI=1S/C20H22N4O4.ClH/c1-26-16-7-14-17(19(28-3)18(16)27-2)23-11-24(20(14)25)10-12-6-13-9-21-5-4-15(13)22-8-12;/h6-8,11,21H,4-5,9-10H2,1-3H3;1H. The Balaban J connectivity index is 0.00000240. The Hall–Kier alpha value is -2.84. The number of benzene rings is 1. The Morgan fingerprint density at radius 3 is 2.62 bits per heavy atom. The van der Waals surface area contributed by atoms with E-state index < -0.39 is 0 Å². The monoisotopic (exact) mass is 418 g/mol. The number of methoxy groups -OCH3 is 3. The largest absolute Gasteiger partial charge is 0.493 e. The minimum atomic E-state index is -0.180. The van der Waals surface area contributed by atoms with Crippen LogP contribution in [-0.4, -0.2) is 42.4 Å². The topological polar surface area (TPSA) is 87.5 Å². The van der Waals surface area contributed by atoms with E-state index in [9.17, 15) is 4.79 Å². The summed E-state index contributed by atoms with van der Waals surface area (Å²) in [4.78, 5) is 22.1. The van der Waals surface area contributed by atoms with Gasteiger partial charge in [0.1, 0.15) is 5.52 Å². The molecule has 2 aromatic heterocycles. The lowest BCUT2D eigenvalue weighted by molar-refractivity contribution is 0.326. The van der Waals surface area contributed by atoms with Crippen LogP contribution in [0.25, 0.3) is 10.9 Å². The molecule has 0 spiro atoms. The van der Waals surface area contributed by atoms with Crippen LogP contribution in [0.5, 0.6) is 17.2 Å². The van der Waals surface area contributed by atoms with Gasteiger partial charge in [0.25, 0.3) is 5.56 Å². The summed E-state index contributed by atoms with van der Waals surface area (Å²) in [5.41, 5.74) is 3.51. The van der Waals surface area contributed by atoms with Crippen molar-refractivity contribution in [2.45, 2.75) is 19.5 Å². The zero-order valence-electron chi connectivity index (χ0n) is 16.5. The zero-order valence-corrected chi connectivity index (χ0v) is 17.3. The van der Waals surface area contributed by atoms with E-state index in [-0.39, 0.29) is 18.0 Å². The smallest absolute Gasteiger partial charge is 0.261 e. The third kappa shape index (κ3) is 3.73. The first kappa shape index (κ1) is 20.9. The summed E-state index contributed by atoms with van der Waals surface area (Å²) in [7, 11) is 4.55. The Morgan fingerprint density at radius 2 is 1.90 bits per heavy atom. The molecule has 0 unspecified atom stereocenters. The molecular weight excluding hydrogens is 396 g/mol. The van der Waals surface area contributed by atoms with Crippen LogP contribution in [0.4, 0.5) is 0 Å². The maximum absolute atomic E-state index is 13.1. The SMILES string of the molecule is COc1cc2c(=O)n(Cc3cnc4c(c3)CNCC4)cnc2c(OC)c1OC.Cl. The number of halogens is 1. The Labute approximate surface area is 174 Å². The first-order valence-electron chi connectivity index (χ1n) is 9.01. The number of aromatic nitrogens is 3. The molecule has 29 heavy (non-hydrogen) atoms. The fraction of sp³-hybridized carbons (Fsp3) is 0.350. The normalized spacial score (nSPS) is 12.8. The summed E-state index contributed by atoms with van der Waals surface area (Å²) < 4.78 is 17.7. The first-order chi connectivity index (χ1) is 13.7.